The zero-order valence-electron chi connectivity index (χ0n) is 16.3. The molecule has 1 aromatic heterocycles. The van der Waals surface area contributed by atoms with Crippen LogP contribution in [0.4, 0.5) is 0 Å². The van der Waals surface area contributed by atoms with Crippen molar-refractivity contribution in [1.29, 1.82) is 0 Å². The highest BCUT2D eigenvalue weighted by Crippen LogP contribution is 2.40. The monoisotopic (exact) mass is 364 g/mol. The highest BCUT2D eigenvalue weighted by atomic mass is 16.7. The maximum atomic E-state index is 6.42. The summed E-state index contributed by atoms with van der Waals surface area (Å²) in [5.41, 5.74) is 5.61. The molecule has 0 atom stereocenters. The lowest BCUT2D eigenvalue weighted by atomic mass is 9.89. The fourth-order valence-corrected chi connectivity index (χ4v) is 4.62. The summed E-state index contributed by atoms with van der Waals surface area (Å²) in [6.45, 7) is 6.91. The molecule has 1 saturated carbocycles. The molecule has 2 fully saturated rings. The highest BCUT2D eigenvalue weighted by molar-refractivity contribution is 5.68. The molecule has 1 spiro atoms. The Balaban J connectivity index is 1.33. The molecule has 3 heterocycles. The highest BCUT2D eigenvalue weighted by Gasteiger charge is 2.42. The summed E-state index contributed by atoms with van der Waals surface area (Å²) in [7, 11) is 0. The van der Waals surface area contributed by atoms with E-state index in [9.17, 15) is 0 Å². The molecule has 1 aliphatic carbocycles. The van der Waals surface area contributed by atoms with Gasteiger partial charge in [-0.25, -0.2) is 0 Å². The third kappa shape index (κ3) is 3.15. The van der Waals surface area contributed by atoms with Gasteiger partial charge in [-0.05, 0) is 50.5 Å². The van der Waals surface area contributed by atoms with Gasteiger partial charge in [0.1, 0.15) is 5.75 Å². The van der Waals surface area contributed by atoms with E-state index >= 15 is 0 Å². The number of likely N-dealkylation sites (tertiary alicyclic amines) is 1. The summed E-state index contributed by atoms with van der Waals surface area (Å²) in [6, 6.07) is 11.5. The number of hydrogen-bond acceptors (Lipinski definition) is 4. The van der Waals surface area contributed by atoms with E-state index < -0.39 is 5.79 Å². The number of rotatable bonds is 2. The Morgan fingerprint density at radius 3 is 2.59 bits per heavy atom. The Morgan fingerprint density at radius 1 is 1.07 bits per heavy atom. The zero-order valence-corrected chi connectivity index (χ0v) is 16.3. The molecule has 0 radical (unpaired) electrons. The van der Waals surface area contributed by atoms with Crippen molar-refractivity contribution in [2.24, 2.45) is 0 Å². The molecule has 2 aromatic rings. The predicted molar refractivity (Wildman–Crippen MR) is 106 cm³/mol. The number of piperidine rings is 1. The van der Waals surface area contributed by atoms with E-state index in [1.165, 1.54) is 30.4 Å². The predicted octanol–water partition coefficient (Wildman–Crippen LogP) is 4.62. The number of benzene rings is 1. The van der Waals surface area contributed by atoms with Gasteiger partial charge in [0.2, 0.25) is 5.79 Å². The molecule has 27 heavy (non-hydrogen) atoms. The van der Waals surface area contributed by atoms with Crippen molar-refractivity contribution >= 4 is 0 Å². The fraction of sp³-hybridized carbons (Fsp3) is 0.522. The van der Waals surface area contributed by atoms with Gasteiger partial charge in [0.15, 0.2) is 0 Å². The van der Waals surface area contributed by atoms with Gasteiger partial charge in [0.05, 0.1) is 6.61 Å². The molecule has 1 saturated heterocycles. The third-order valence-electron chi connectivity index (χ3n) is 6.53. The van der Waals surface area contributed by atoms with Crippen LogP contribution in [0.5, 0.6) is 5.75 Å². The van der Waals surface area contributed by atoms with Gasteiger partial charge in [0.25, 0.3) is 0 Å². The maximum Gasteiger partial charge on any atom is 0.213 e. The van der Waals surface area contributed by atoms with Crippen molar-refractivity contribution in [3.63, 3.8) is 0 Å². The first kappa shape index (κ1) is 17.2. The lowest BCUT2D eigenvalue weighted by Crippen LogP contribution is -2.54. The Hall–Kier alpha value is -1.91. The Bertz CT molecular complexity index is 851. The Kier molecular flexibility index (Phi) is 4.21. The molecule has 0 amide bonds. The first-order valence-electron chi connectivity index (χ1n) is 10.3. The van der Waals surface area contributed by atoms with Crippen molar-refractivity contribution in [2.75, 3.05) is 13.1 Å². The van der Waals surface area contributed by atoms with E-state index in [1.54, 1.807) is 0 Å². The van der Waals surface area contributed by atoms with Crippen LogP contribution in [-0.2, 0) is 11.3 Å². The summed E-state index contributed by atoms with van der Waals surface area (Å²) in [5, 5.41) is 0. The lowest BCUT2D eigenvalue weighted by molar-refractivity contribution is -0.231. The molecule has 0 unspecified atom stereocenters. The van der Waals surface area contributed by atoms with Crippen molar-refractivity contribution in [3.05, 3.63) is 47.3 Å². The molecule has 5 rings (SSSR count). The van der Waals surface area contributed by atoms with Gasteiger partial charge in [-0.3, -0.25) is 9.88 Å². The Labute approximate surface area is 161 Å². The van der Waals surface area contributed by atoms with Crippen LogP contribution in [0.2, 0.25) is 0 Å². The molecule has 0 N–H and O–H groups in total. The van der Waals surface area contributed by atoms with Crippen LogP contribution in [0.25, 0.3) is 11.1 Å². The van der Waals surface area contributed by atoms with Gasteiger partial charge in [-0.15, -0.1) is 0 Å². The van der Waals surface area contributed by atoms with Crippen molar-refractivity contribution in [3.8, 4) is 16.9 Å². The third-order valence-corrected chi connectivity index (χ3v) is 6.53. The van der Waals surface area contributed by atoms with Crippen LogP contribution in [0.1, 0.15) is 49.1 Å². The SMILES string of the molecule is Cc1ccc(-c2ccc3c(c2)COC2(CCN(C4CCC4)CC2)O3)c(C)n1. The normalized spacial score (nSPS) is 22.1. The second-order valence-electron chi connectivity index (χ2n) is 8.33. The van der Waals surface area contributed by atoms with E-state index in [0.29, 0.717) is 6.61 Å². The van der Waals surface area contributed by atoms with E-state index in [1.807, 2.05) is 6.92 Å². The van der Waals surface area contributed by atoms with E-state index in [2.05, 4.69) is 47.1 Å². The summed E-state index contributed by atoms with van der Waals surface area (Å²) < 4.78 is 12.7. The average molecular weight is 364 g/mol. The van der Waals surface area contributed by atoms with E-state index in [0.717, 1.165) is 54.7 Å². The molecule has 142 valence electrons. The van der Waals surface area contributed by atoms with Crippen molar-refractivity contribution < 1.29 is 9.47 Å². The lowest BCUT2D eigenvalue weighted by Gasteiger charge is -2.47. The molecule has 3 aliphatic rings. The molecular formula is C23H28N2O2. The number of aromatic nitrogens is 1. The smallest absolute Gasteiger partial charge is 0.213 e. The van der Waals surface area contributed by atoms with Crippen LogP contribution >= 0.6 is 0 Å². The molecule has 4 nitrogen and oxygen atoms in total. The van der Waals surface area contributed by atoms with E-state index in [4.69, 9.17) is 9.47 Å². The first-order chi connectivity index (χ1) is 13.1. The van der Waals surface area contributed by atoms with Crippen LogP contribution in [-0.4, -0.2) is 34.8 Å². The maximum absolute atomic E-state index is 6.42. The van der Waals surface area contributed by atoms with Crippen LogP contribution in [0.15, 0.2) is 30.3 Å². The van der Waals surface area contributed by atoms with Crippen molar-refractivity contribution in [1.82, 2.24) is 9.88 Å². The molecule has 4 heteroatoms. The number of ether oxygens (including phenoxy) is 2. The quantitative estimate of drug-likeness (QED) is 0.779. The molecular weight excluding hydrogens is 336 g/mol. The number of pyridine rings is 1. The minimum atomic E-state index is -0.421. The van der Waals surface area contributed by atoms with Gasteiger partial charge < -0.3 is 9.47 Å². The second kappa shape index (κ2) is 6.61. The molecule has 2 aliphatic heterocycles. The van der Waals surface area contributed by atoms with Gasteiger partial charge in [-0.2, -0.15) is 0 Å². The summed E-state index contributed by atoms with van der Waals surface area (Å²) in [5.74, 6) is 0.565. The van der Waals surface area contributed by atoms with Crippen LogP contribution in [0, 0.1) is 13.8 Å². The molecule has 1 aromatic carbocycles. The summed E-state index contributed by atoms with van der Waals surface area (Å²) in [4.78, 5) is 7.23. The largest absolute Gasteiger partial charge is 0.462 e. The average Bonchev–Trinajstić information content (AvgIpc) is 2.62. The number of fused-ring (bicyclic) bond motifs is 1. The first-order valence-corrected chi connectivity index (χ1v) is 10.3. The van der Waals surface area contributed by atoms with Gasteiger partial charge in [0, 0.05) is 54.5 Å². The Morgan fingerprint density at radius 2 is 1.89 bits per heavy atom. The topological polar surface area (TPSA) is 34.6 Å². The van der Waals surface area contributed by atoms with Gasteiger partial charge >= 0.3 is 0 Å². The molecule has 0 bridgehead atoms. The number of aryl methyl sites for hydroxylation is 2. The second-order valence-corrected chi connectivity index (χ2v) is 8.33. The van der Waals surface area contributed by atoms with Gasteiger partial charge in [-0.1, -0.05) is 18.6 Å². The zero-order chi connectivity index (χ0) is 18.4. The van der Waals surface area contributed by atoms with Crippen LogP contribution < -0.4 is 4.74 Å². The summed E-state index contributed by atoms with van der Waals surface area (Å²) in [6.07, 6.45) is 6.06. The van der Waals surface area contributed by atoms with E-state index in [-0.39, 0.29) is 0 Å². The fourth-order valence-electron chi connectivity index (χ4n) is 4.62. The minimum Gasteiger partial charge on any atom is -0.462 e. The summed E-state index contributed by atoms with van der Waals surface area (Å²) >= 11 is 0. The standard InChI is InChI=1S/C23H28N2O2/c1-16-6-8-21(17(2)24-16)18-7-9-22-19(14-18)15-26-23(27-22)10-12-25(13-11-23)20-4-3-5-20/h6-9,14,20H,3-5,10-13,15H2,1-2H3. The number of nitrogens with zero attached hydrogens (tertiary/aromatic N) is 2. The van der Waals surface area contributed by atoms with Crippen molar-refractivity contribution in [2.45, 2.75) is 64.4 Å². The number of hydrogen-bond donors (Lipinski definition) is 0. The minimum absolute atomic E-state index is 0.421. The van der Waals surface area contributed by atoms with Crippen LogP contribution in [0.3, 0.4) is 0 Å².